The second-order valence-electron chi connectivity index (χ2n) is 5.99. The first-order chi connectivity index (χ1) is 12.9. The molecule has 1 heterocycles. The highest BCUT2D eigenvalue weighted by Gasteiger charge is 2.28. The minimum atomic E-state index is -0.818. The lowest BCUT2D eigenvalue weighted by Crippen LogP contribution is -2.49. The Morgan fingerprint density at radius 1 is 1.11 bits per heavy atom. The van der Waals surface area contributed by atoms with Gasteiger partial charge in [-0.05, 0) is 12.1 Å². The number of piperazine rings is 1. The van der Waals surface area contributed by atoms with Crippen molar-refractivity contribution in [3.05, 3.63) is 63.7 Å². The minimum absolute atomic E-state index is 0.0135. The number of benzene rings is 2. The van der Waals surface area contributed by atoms with Crippen molar-refractivity contribution in [1.82, 2.24) is 4.90 Å². The van der Waals surface area contributed by atoms with Crippen molar-refractivity contribution in [1.29, 1.82) is 0 Å². The van der Waals surface area contributed by atoms with Gasteiger partial charge in [0.15, 0.2) is 11.6 Å². The van der Waals surface area contributed by atoms with Crippen molar-refractivity contribution in [2.75, 3.05) is 38.2 Å². The van der Waals surface area contributed by atoms with Gasteiger partial charge >= 0.3 is 0 Å². The maximum Gasteiger partial charge on any atom is 0.295 e. The Bertz CT molecular complexity index is 883. The van der Waals surface area contributed by atoms with Crippen LogP contribution in [0.1, 0.15) is 10.4 Å². The molecule has 27 heavy (non-hydrogen) atoms. The van der Waals surface area contributed by atoms with Gasteiger partial charge in [0.25, 0.3) is 11.6 Å². The summed E-state index contributed by atoms with van der Waals surface area (Å²) in [6.45, 7) is 1.08. The Labute approximate surface area is 153 Å². The van der Waals surface area contributed by atoms with E-state index in [1.807, 2.05) is 0 Å². The van der Waals surface area contributed by atoms with Crippen LogP contribution in [0.2, 0.25) is 0 Å². The number of amides is 1. The molecule has 1 aliphatic rings. The van der Waals surface area contributed by atoms with Gasteiger partial charge in [-0.3, -0.25) is 14.9 Å². The summed E-state index contributed by atoms with van der Waals surface area (Å²) in [5.41, 5.74) is -0.168. The molecule has 0 aromatic heterocycles. The fraction of sp³-hybridized carbons (Fsp3) is 0.278. The third-order valence-corrected chi connectivity index (χ3v) is 4.46. The van der Waals surface area contributed by atoms with E-state index >= 15 is 0 Å². The Balaban J connectivity index is 1.79. The fourth-order valence-corrected chi connectivity index (χ4v) is 3.04. The summed E-state index contributed by atoms with van der Waals surface area (Å²) < 4.78 is 32.5. The summed E-state index contributed by atoms with van der Waals surface area (Å²) >= 11 is 0. The molecule has 0 spiro atoms. The number of nitro benzene ring substituents is 1. The Hall–Kier alpha value is -3.23. The van der Waals surface area contributed by atoms with Gasteiger partial charge in [-0.2, -0.15) is 0 Å². The highest BCUT2D eigenvalue weighted by molar-refractivity contribution is 5.94. The molecule has 1 saturated heterocycles. The zero-order valence-electron chi connectivity index (χ0n) is 14.5. The maximum atomic E-state index is 13.8. The molecular weight excluding hydrogens is 360 g/mol. The summed E-state index contributed by atoms with van der Waals surface area (Å²) in [7, 11) is 1.28. The average Bonchev–Trinajstić information content (AvgIpc) is 2.67. The molecule has 0 bridgehead atoms. The molecule has 2 aromatic rings. The van der Waals surface area contributed by atoms with Crippen LogP contribution in [-0.4, -0.2) is 49.0 Å². The van der Waals surface area contributed by atoms with Crippen LogP contribution in [0.15, 0.2) is 36.4 Å². The van der Waals surface area contributed by atoms with E-state index in [0.29, 0.717) is 0 Å². The van der Waals surface area contributed by atoms with E-state index in [1.54, 1.807) is 11.0 Å². The number of nitro groups is 1. The first-order valence-electron chi connectivity index (χ1n) is 8.23. The van der Waals surface area contributed by atoms with Crippen molar-refractivity contribution >= 4 is 17.3 Å². The highest BCUT2D eigenvalue weighted by Crippen LogP contribution is 2.35. The molecule has 1 amide bonds. The topological polar surface area (TPSA) is 75.9 Å². The summed E-state index contributed by atoms with van der Waals surface area (Å²) in [4.78, 5) is 26.3. The molecule has 3 rings (SSSR count). The van der Waals surface area contributed by atoms with E-state index in [9.17, 15) is 23.7 Å². The number of hydrogen-bond donors (Lipinski definition) is 0. The number of carbonyl (C=O) groups is 1. The predicted molar refractivity (Wildman–Crippen MR) is 94.1 cm³/mol. The molecule has 1 aliphatic heterocycles. The van der Waals surface area contributed by atoms with Crippen LogP contribution in [0.25, 0.3) is 0 Å². The number of ether oxygens (including phenoxy) is 1. The van der Waals surface area contributed by atoms with Gasteiger partial charge in [-0.25, -0.2) is 8.78 Å². The largest absolute Gasteiger partial charge is 0.494 e. The third kappa shape index (κ3) is 3.67. The van der Waals surface area contributed by atoms with Crippen LogP contribution < -0.4 is 9.64 Å². The van der Waals surface area contributed by atoms with Crippen molar-refractivity contribution < 1.29 is 23.2 Å². The molecule has 0 unspecified atom stereocenters. The fourth-order valence-electron chi connectivity index (χ4n) is 3.04. The number of hydrogen-bond acceptors (Lipinski definition) is 5. The maximum absolute atomic E-state index is 13.8. The van der Waals surface area contributed by atoms with Gasteiger partial charge in [0.2, 0.25) is 0 Å². The smallest absolute Gasteiger partial charge is 0.295 e. The van der Waals surface area contributed by atoms with Gasteiger partial charge in [0.1, 0.15) is 11.5 Å². The number of carbonyl (C=O) groups excluding carboxylic acids is 1. The second-order valence-corrected chi connectivity index (χ2v) is 5.99. The summed E-state index contributed by atoms with van der Waals surface area (Å²) in [6.07, 6.45) is 0. The van der Waals surface area contributed by atoms with Crippen LogP contribution in [0, 0.1) is 21.7 Å². The zero-order valence-corrected chi connectivity index (χ0v) is 14.5. The molecule has 142 valence electrons. The molecule has 0 atom stereocenters. The van der Waals surface area contributed by atoms with E-state index in [1.165, 1.54) is 36.3 Å². The number of halogens is 2. The second kappa shape index (κ2) is 7.56. The lowest BCUT2D eigenvalue weighted by atomic mass is 10.1. The van der Waals surface area contributed by atoms with Crippen molar-refractivity contribution in [3.8, 4) is 5.75 Å². The van der Waals surface area contributed by atoms with Crippen molar-refractivity contribution in [3.63, 3.8) is 0 Å². The molecule has 0 saturated carbocycles. The van der Waals surface area contributed by atoms with E-state index in [2.05, 4.69) is 0 Å². The first-order valence-corrected chi connectivity index (χ1v) is 8.23. The van der Waals surface area contributed by atoms with E-state index in [4.69, 9.17) is 4.74 Å². The molecule has 0 radical (unpaired) electrons. The lowest BCUT2D eigenvalue weighted by molar-refractivity contribution is -0.384. The van der Waals surface area contributed by atoms with E-state index < -0.39 is 22.5 Å². The zero-order chi connectivity index (χ0) is 19.6. The molecule has 1 fully saturated rings. The number of methoxy groups -OCH3 is 1. The monoisotopic (exact) mass is 377 g/mol. The molecule has 9 heteroatoms. The van der Waals surface area contributed by atoms with Gasteiger partial charge < -0.3 is 14.5 Å². The van der Waals surface area contributed by atoms with Crippen LogP contribution in [0.4, 0.5) is 20.2 Å². The number of anilines is 1. The summed E-state index contributed by atoms with van der Waals surface area (Å²) in [5.74, 6) is -1.94. The van der Waals surface area contributed by atoms with Crippen LogP contribution >= 0.6 is 0 Å². The van der Waals surface area contributed by atoms with Crippen LogP contribution in [0.3, 0.4) is 0 Å². The Morgan fingerprint density at radius 3 is 2.37 bits per heavy atom. The van der Waals surface area contributed by atoms with Crippen molar-refractivity contribution in [2.45, 2.75) is 0 Å². The standard InChI is InChI=1S/C18H17F2N3O4/c1-27-17-11-15(16(23(25)26)10-14(17)20)21-6-8-22(9-7-21)18(24)12-4-2-3-5-13(12)19/h2-5,10-11H,6-9H2,1H3. The van der Waals surface area contributed by atoms with Gasteiger partial charge in [0, 0.05) is 32.2 Å². The molecular formula is C18H17F2N3O4. The summed E-state index contributed by atoms with van der Waals surface area (Å²) in [5, 5.41) is 11.3. The predicted octanol–water partition coefficient (Wildman–Crippen LogP) is 2.84. The number of rotatable bonds is 4. The Morgan fingerprint density at radius 2 is 1.78 bits per heavy atom. The highest BCUT2D eigenvalue weighted by atomic mass is 19.1. The Kier molecular flexibility index (Phi) is 5.20. The normalized spacial score (nSPS) is 14.2. The minimum Gasteiger partial charge on any atom is -0.494 e. The van der Waals surface area contributed by atoms with Gasteiger partial charge in [-0.1, -0.05) is 12.1 Å². The van der Waals surface area contributed by atoms with Gasteiger partial charge in [-0.15, -0.1) is 0 Å². The van der Waals surface area contributed by atoms with E-state index in [0.717, 1.165) is 6.07 Å². The average molecular weight is 377 g/mol. The third-order valence-electron chi connectivity index (χ3n) is 4.46. The number of nitrogens with zero attached hydrogens (tertiary/aromatic N) is 3. The quantitative estimate of drug-likeness (QED) is 0.605. The van der Waals surface area contributed by atoms with E-state index in [-0.39, 0.29) is 48.9 Å². The lowest BCUT2D eigenvalue weighted by Gasteiger charge is -2.36. The first kappa shape index (κ1) is 18.6. The SMILES string of the molecule is COc1cc(N2CCN(C(=O)c3ccccc3F)CC2)c([N+](=O)[O-])cc1F. The van der Waals surface area contributed by atoms with Crippen LogP contribution in [0.5, 0.6) is 5.75 Å². The molecule has 2 aromatic carbocycles. The molecule has 0 N–H and O–H groups in total. The molecule has 7 nitrogen and oxygen atoms in total. The van der Waals surface area contributed by atoms with Crippen molar-refractivity contribution in [2.24, 2.45) is 0 Å². The summed E-state index contributed by atoms with van der Waals surface area (Å²) in [6, 6.07) is 7.83. The molecule has 0 aliphatic carbocycles. The van der Waals surface area contributed by atoms with Crippen LogP contribution in [-0.2, 0) is 0 Å². The van der Waals surface area contributed by atoms with Gasteiger partial charge in [0.05, 0.1) is 23.7 Å².